The van der Waals surface area contributed by atoms with Gasteiger partial charge in [0.25, 0.3) is 0 Å². The molecule has 0 saturated heterocycles. The van der Waals surface area contributed by atoms with Crippen LogP contribution in [0.25, 0.3) is 0 Å². The second-order valence-electron chi connectivity index (χ2n) is 2.82. The highest BCUT2D eigenvalue weighted by Gasteiger charge is 2.24. The van der Waals surface area contributed by atoms with Gasteiger partial charge in [0.15, 0.2) is 17.4 Å². The second kappa shape index (κ2) is 3.94. The number of aryl methyl sites for hydroxylation is 1. The van der Waals surface area contributed by atoms with Gasteiger partial charge in [-0.15, -0.1) is 0 Å². The summed E-state index contributed by atoms with van der Waals surface area (Å²) in [5.74, 6) is -2.53. The summed E-state index contributed by atoms with van der Waals surface area (Å²) >= 11 is 0. The van der Waals surface area contributed by atoms with E-state index in [1.165, 1.54) is 6.92 Å². The van der Waals surface area contributed by atoms with Gasteiger partial charge >= 0.3 is 7.12 Å². The number of hydrogen-bond acceptors (Lipinski definition) is 3. The molecule has 76 valence electrons. The van der Waals surface area contributed by atoms with Crippen LogP contribution in [0, 0.1) is 18.6 Å². The Hall–Kier alpha value is -1.14. The maximum atomic E-state index is 13.3. The van der Waals surface area contributed by atoms with E-state index in [0.29, 0.717) is 0 Å². The van der Waals surface area contributed by atoms with Crippen LogP contribution in [-0.4, -0.2) is 24.3 Å². The Bertz CT molecular complexity index is 355. The number of methoxy groups -OCH3 is 1. The van der Waals surface area contributed by atoms with Gasteiger partial charge in [0.1, 0.15) is 0 Å². The van der Waals surface area contributed by atoms with Crippen molar-refractivity contribution >= 4 is 12.6 Å². The molecule has 0 aliphatic rings. The fourth-order valence-corrected chi connectivity index (χ4v) is 1.13. The van der Waals surface area contributed by atoms with Gasteiger partial charge in [-0.25, -0.2) is 8.78 Å². The summed E-state index contributed by atoms with van der Waals surface area (Å²) in [5.41, 5.74) is -0.313. The fraction of sp³-hybridized carbons (Fsp3) is 0.250. The van der Waals surface area contributed by atoms with Crippen molar-refractivity contribution in [3.05, 3.63) is 23.3 Å². The van der Waals surface area contributed by atoms with E-state index in [1.54, 1.807) is 0 Å². The molecule has 14 heavy (non-hydrogen) atoms. The van der Waals surface area contributed by atoms with Crippen molar-refractivity contribution in [2.24, 2.45) is 0 Å². The summed E-state index contributed by atoms with van der Waals surface area (Å²) in [7, 11) is -0.878. The normalized spacial score (nSPS) is 10.1. The van der Waals surface area contributed by atoms with Gasteiger partial charge in [-0.1, -0.05) is 6.07 Å². The van der Waals surface area contributed by atoms with Crippen LogP contribution in [0.2, 0.25) is 0 Å². The monoisotopic (exact) mass is 202 g/mol. The summed E-state index contributed by atoms with van der Waals surface area (Å²) in [5, 5.41) is 17.6. The Morgan fingerprint density at radius 2 is 1.86 bits per heavy atom. The number of rotatable bonds is 2. The lowest BCUT2D eigenvalue weighted by atomic mass is 9.79. The van der Waals surface area contributed by atoms with Crippen LogP contribution in [0.4, 0.5) is 8.78 Å². The van der Waals surface area contributed by atoms with Gasteiger partial charge in [-0.05, 0) is 12.5 Å². The molecule has 0 radical (unpaired) electrons. The first kappa shape index (κ1) is 10.9. The zero-order chi connectivity index (χ0) is 10.9. The predicted octanol–water partition coefficient (Wildman–Crippen LogP) is -0.0384. The van der Waals surface area contributed by atoms with E-state index in [-0.39, 0.29) is 5.56 Å². The quantitative estimate of drug-likeness (QED) is 0.661. The minimum absolute atomic E-state index is 0.0892. The summed E-state index contributed by atoms with van der Waals surface area (Å²) in [6, 6.07) is 1.03. The summed E-state index contributed by atoms with van der Waals surface area (Å²) in [6.07, 6.45) is 0. The third-order valence-corrected chi connectivity index (χ3v) is 1.85. The largest absolute Gasteiger partial charge is 0.491 e. The molecule has 0 unspecified atom stereocenters. The van der Waals surface area contributed by atoms with Crippen molar-refractivity contribution in [2.45, 2.75) is 6.92 Å². The Kier molecular flexibility index (Phi) is 3.08. The molecule has 0 amide bonds. The summed E-state index contributed by atoms with van der Waals surface area (Å²) < 4.78 is 30.9. The van der Waals surface area contributed by atoms with Crippen molar-refractivity contribution in [1.29, 1.82) is 0 Å². The molecule has 0 bridgehead atoms. The van der Waals surface area contributed by atoms with E-state index in [2.05, 4.69) is 4.74 Å². The summed E-state index contributed by atoms with van der Waals surface area (Å²) in [6.45, 7) is 1.38. The minimum atomic E-state index is -1.98. The molecule has 2 N–H and O–H groups in total. The Balaban J connectivity index is 3.42. The Labute approximate surface area is 80.1 Å². The first-order valence-electron chi connectivity index (χ1n) is 3.87. The fourth-order valence-electron chi connectivity index (χ4n) is 1.13. The SMILES string of the molecule is COc1c(F)c(C)cc(B(O)O)c1F. The smallest absolute Gasteiger partial charge is 0.491 e. The second-order valence-corrected chi connectivity index (χ2v) is 2.82. The van der Waals surface area contributed by atoms with Crippen molar-refractivity contribution in [3.63, 3.8) is 0 Å². The lowest BCUT2D eigenvalue weighted by molar-refractivity contribution is 0.357. The maximum absolute atomic E-state index is 13.3. The molecule has 0 heterocycles. The first-order valence-corrected chi connectivity index (χ1v) is 3.87. The number of benzene rings is 1. The molecular formula is C8H9BF2O3. The molecule has 0 spiro atoms. The zero-order valence-corrected chi connectivity index (χ0v) is 7.71. The molecule has 3 nitrogen and oxygen atoms in total. The third kappa shape index (κ3) is 1.71. The Morgan fingerprint density at radius 3 is 2.29 bits per heavy atom. The van der Waals surface area contributed by atoms with Gasteiger partial charge in [-0.3, -0.25) is 0 Å². The van der Waals surface area contributed by atoms with Crippen LogP contribution in [0.15, 0.2) is 6.07 Å². The highest BCUT2D eigenvalue weighted by molar-refractivity contribution is 6.58. The molecule has 0 aliphatic carbocycles. The van der Waals surface area contributed by atoms with Crippen LogP contribution in [0.5, 0.6) is 5.75 Å². The summed E-state index contributed by atoms with van der Waals surface area (Å²) in [4.78, 5) is 0. The first-order chi connectivity index (χ1) is 6.49. The number of hydrogen-bond donors (Lipinski definition) is 2. The van der Waals surface area contributed by atoms with Gasteiger partial charge in [-0.2, -0.15) is 0 Å². The van der Waals surface area contributed by atoms with E-state index in [4.69, 9.17) is 10.0 Å². The van der Waals surface area contributed by atoms with Crippen LogP contribution < -0.4 is 10.2 Å². The molecule has 0 atom stereocenters. The van der Waals surface area contributed by atoms with E-state index in [1.807, 2.05) is 0 Å². The van der Waals surface area contributed by atoms with Crippen molar-refractivity contribution in [1.82, 2.24) is 0 Å². The maximum Gasteiger partial charge on any atom is 0.491 e. The van der Waals surface area contributed by atoms with Gasteiger partial charge < -0.3 is 14.8 Å². The molecule has 0 aromatic heterocycles. The van der Waals surface area contributed by atoms with E-state index in [9.17, 15) is 8.78 Å². The molecule has 0 aliphatic heterocycles. The standard InChI is InChI=1S/C8H9BF2O3/c1-4-3-5(9(12)13)7(11)8(14-2)6(4)10/h3,12-13H,1-2H3. The van der Waals surface area contributed by atoms with Crippen LogP contribution in [0.1, 0.15) is 5.56 Å². The Morgan fingerprint density at radius 1 is 1.29 bits per heavy atom. The molecular weight excluding hydrogens is 193 g/mol. The molecule has 1 aromatic rings. The van der Waals surface area contributed by atoms with E-state index < -0.39 is 30.0 Å². The third-order valence-electron chi connectivity index (χ3n) is 1.85. The van der Waals surface area contributed by atoms with Gasteiger partial charge in [0, 0.05) is 5.46 Å². The van der Waals surface area contributed by atoms with Gasteiger partial charge in [0.05, 0.1) is 7.11 Å². The molecule has 0 saturated carbocycles. The van der Waals surface area contributed by atoms with Crippen molar-refractivity contribution in [3.8, 4) is 5.75 Å². The van der Waals surface area contributed by atoms with E-state index in [0.717, 1.165) is 13.2 Å². The minimum Gasteiger partial charge on any atom is -0.491 e. The zero-order valence-electron chi connectivity index (χ0n) is 7.71. The molecule has 1 aromatic carbocycles. The lowest BCUT2D eigenvalue weighted by Gasteiger charge is -2.10. The number of ether oxygens (including phenoxy) is 1. The highest BCUT2D eigenvalue weighted by atomic mass is 19.1. The average molecular weight is 202 g/mol. The predicted molar refractivity (Wildman–Crippen MR) is 47.5 cm³/mol. The van der Waals surface area contributed by atoms with Crippen molar-refractivity contribution in [2.75, 3.05) is 7.11 Å². The van der Waals surface area contributed by atoms with Gasteiger partial charge in [0.2, 0.25) is 0 Å². The topological polar surface area (TPSA) is 49.7 Å². The van der Waals surface area contributed by atoms with E-state index >= 15 is 0 Å². The highest BCUT2D eigenvalue weighted by Crippen LogP contribution is 2.22. The average Bonchev–Trinajstić information content (AvgIpc) is 2.12. The molecule has 0 fully saturated rings. The van der Waals surface area contributed by atoms with Crippen LogP contribution in [-0.2, 0) is 0 Å². The van der Waals surface area contributed by atoms with Crippen LogP contribution >= 0.6 is 0 Å². The lowest BCUT2D eigenvalue weighted by Crippen LogP contribution is -2.33. The molecule has 6 heteroatoms. The van der Waals surface area contributed by atoms with Crippen molar-refractivity contribution < 1.29 is 23.6 Å². The molecule has 1 rings (SSSR count). The number of halogens is 2. The van der Waals surface area contributed by atoms with Crippen LogP contribution in [0.3, 0.4) is 0 Å².